The van der Waals surface area contributed by atoms with Crippen LogP contribution in [0.1, 0.15) is 47.5 Å². The summed E-state index contributed by atoms with van der Waals surface area (Å²) in [6.07, 6.45) is 2.64. The van der Waals surface area contributed by atoms with Crippen molar-refractivity contribution in [1.29, 1.82) is 0 Å². The van der Waals surface area contributed by atoms with Crippen LogP contribution >= 0.6 is 0 Å². The van der Waals surface area contributed by atoms with Gasteiger partial charge < -0.3 is 0 Å². The van der Waals surface area contributed by atoms with Crippen molar-refractivity contribution in [1.82, 2.24) is 5.01 Å². The Labute approximate surface area is 83.3 Å². The maximum atomic E-state index is 3.74. The fourth-order valence-corrected chi connectivity index (χ4v) is 0.430. The second kappa shape index (κ2) is 9.30. The largest absolute Gasteiger partial charge is 0.274 e. The van der Waals surface area contributed by atoms with Crippen molar-refractivity contribution < 1.29 is 0 Å². The molecule has 0 spiro atoms. The summed E-state index contributed by atoms with van der Waals surface area (Å²) >= 11 is 0. The van der Waals surface area contributed by atoms with E-state index in [1.807, 2.05) is 14.0 Å². The monoisotopic (exact) mass is 184 g/mol. The average molecular weight is 184 g/mol. The third-order valence-corrected chi connectivity index (χ3v) is 1.92. The van der Waals surface area contributed by atoms with E-state index in [0.29, 0.717) is 0 Å². The standard InChI is InChI=1S/C7H14N2.C4H10/c1-6(2)7(3)9(5)8-4;1-3-4-2/h4H2,1-3,5H3;3-4H2,1-2H3. The normalized spacial score (nSPS) is 8.15. The van der Waals surface area contributed by atoms with E-state index in [4.69, 9.17) is 0 Å². The van der Waals surface area contributed by atoms with Crippen molar-refractivity contribution in [3.05, 3.63) is 11.3 Å². The molecule has 0 aliphatic rings. The Morgan fingerprint density at radius 3 is 1.62 bits per heavy atom. The quantitative estimate of drug-likeness (QED) is 0.483. The third-order valence-electron chi connectivity index (χ3n) is 1.92. The molecule has 2 nitrogen and oxygen atoms in total. The molecule has 0 bridgehead atoms. The van der Waals surface area contributed by atoms with Crippen LogP contribution < -0.4 is 0 Å². The van der Waals surface area contributed by atoms with Gasteiger partial charge in [-0.1, -0.05) is 32.3 Å². The molecular formula is C11H24N2. The van der Waals surface area contributed by atoms with Gasteiger partial charge >= 0.3 is 0 Å². The number of hydrazone groups is 1. The maximum absolute atomic E-state index is 3.74. The fraction of sp³-hybridized carbons (Fsp3) is 0.727. The van der Waals surface area contributed by atoms with E-state index in [2.05, 4.69) is 39.5 Å². The predicted molar refractivity (Wildman–Crippen MR) is 61.9 cm³/mol. The number of hydrogen-bond donors (Lipinski definition) is 0. The summed E-state index contributed by atoms with van der Waals surface area (Å²) in [6, 6.07) is 0. The van der Waals surface area contributed by atoms with E-state index in [1.54, 1.807) is 5.01 Å². The fourth-order valence-electron chi connectivity index (χ4n) is 0.430. The van der Waals surface area contributed by atoms with Crippen LogP contribution in [0.25, 0.3) is 0 Å². The molecule has 0 aliphatic heterocycles. The second-order valence-electron chi connectivity index (χ2n) is 3.25. The summed E-state index contributed by atoms with van der Waals surface area (Å²) < 4.78 is 0. The summed E-state index contributed by atoms with van der Waals surface area (Å²) in [5.41, 5.74) is 2.43. The lowest BCUT2D eigenvalue weighted by atomic mass is 10.3. The highest BCUT2D eigenvalue weighted by atomic mass is 15.4. The molecular weight excluding hydrogens is 160 g/mol. The smallest absolute Gasteiger partial charge is 0.0319 e. The predicted octanol–water partition coefficient (Wildman–Crippen LogP) is 3.65. The molecule has 0 saturated heterocycles. The van der Waals surface area contributed by atoms with Crippen LogP contribution in [0.2, 0.25) is 0 Å². The molecule has 78 valence electrons. The van der Waals surface area contributed by atoms with Gasteiger partial charge in [0.15, 0.2) is 0 Å². The molecule has 0 amide bonds. The zero-order valence-electron chi connectivity index (χ0n) is 10.0. The van der Waals surface area contributed by atoms with Crippen molar-refractivity contribution in [2.24, 2.45) is 5.10 Å². The van der Waals surface area contributed by atoms with E-state index in [0.717, 1.165) is 5.70 Å². The number of hydrogen-bond acceptors (Lipinski definition) is 2. The lowest BCUT2D eigenvalue weighted by Crippen LogP contribution is -2.07. The van der Waals surface area contributed by atoms with Gasteiger partial charge in [0.2, 0.25) is 0 Å². The van der Waals surface area contributed by atoms with Gasteiger partial charge in [0.05, 0.1) is 0 Å². The highest BCUT2D eigenvalue weighted by Crippen LogP contribution is 2.05. The summed E-state index contributed by atoms with van der Waals surface area (Å²) in [7, 11) is 1.88. The van der Waals surface area contributed by atoms with Gasteiger partial charge in [0, 0.05) is 19.5 Å². The second-order valence-corrected chi connectivity index (χ2v) is 3.25. The molecule has 0 rings (SSSR count). The van der Waals surface area contributed by atoms with Crippen LogP contribution in [-0.4, -0.2) is 18.8 Å². The Hall–Kier alpha value is -0.790. The number of rotatable bonds is 3. The topological polar surface area (TPSA) is 15.6 Å². The summed E-state index contributed by atoms with van der Waals surface area (Å²) in [5, 5.41) is 5.49. The third kappa shape index (κ3) is 9.12. The summed E-state index contributed by atoms with van der Waals surface area (Å²) in [6.45, 7) is 13.9. The molecule has 0 unspecified atom stereocenters. The van der Waals surface area contributed by atoms with Gasteiger partial charge in [-0.3, -0.25) is 5.01 Å². The molecule has 0 aromatic carbocycles. The van der Waals surface area contributed by atoms with Crippen LogP contribution in [-0.2, 0) is 0 Å². The van der Waals surface area contributed by atoms with Crippen molar-refractivity contribution in [3.8, 4) is 0 Å². The lowest BCUT2D eigenvalue weighted by Gasteiger charge is -2.13. The minimum absolute atomic E-state index is 1.16. The molecule has 0 N–H and O–H groups in total. The Morgan fingerprint density at radius 2 is 1.54 bits per heavy atom. The molecule has 0 aromatic heterocycles. The van der Waals surface area contributed by atoms with Crippen LogP contribution in [0.3, 0.4) is 0 Å². The van der Waals surface area contributed by atoms with Crippen LogP contribution in [0.15, 0.2) is 16.4 Å². The first-order valence-corrected chi connectivity index (χ1v) is 4.85. The lowest BCUT2D eigenvalue weighted by molar-refractivity contribution is 0.446. The van der Waals surface area contributed by atoms with Crippen molar-refractivity contribution >= 4 is 6.72 Å². The van der Waals surface area contributed by atoms with E-state index >= 15 is 0 Å². The zero-order chi connectivity index (χ0) is 10.9. The molecule has 0 saturated carbocycles. The molecule has 0 fully saturated rings. The molecule has 13 heavy (non-hydrogen) atoms. The van der Waals surface area contributed by atoms with Gasteiger partial charge in [-0.2, -0.15) is 5.10 Å². The molecule has 0 heterocycles. The van der Waals surface area contributed by atoms with E-state index in [9.17, 15) is 0 Å². The van der Waals surface area contributed by atoms with Crippen molar-refractivity contribution in [3.63, 3.8) is 0 Å². The minimum atomic E-state index is 1.16. The van der Waals surface area contributed by atoms with Crippen molar-refractivity contribution in [2.75, 3.05) is 7.05 Å². The number of allylic oxidation sites excluding steroid dienone is 2. The van der Waals surface area contributed by atoms with E-state index < -0.39 is 0 Å². The maximum Gasteiger partial charge on any atom is 0.0319 e. The highest BCUT2D eigenvalue weighted by molar-refractivity contribution is 5.23. The highest BCUT2D eigenvalue weighted by Gasteiger charge is 1.94. The molecule has 2 heteroatoms. The first kappa shape index (κ1) is 14.7. The molecule has 0 radical (unpaired) electrons. The first-order chi connectivity index (χ1) is 6.01. The van der Waals surface area contributed by atoms with Gasteiger partial charge in [0.1, 0.15) is 0 Å². The first-order valence-electron chi connectivity index (χ1n) is 4.85. The van der Waals surface area contributed by atoms with Gasteiger partial charge in [-0.05, 0) is 20.8 Å². The van der Waals surface area contributed by atoms with Gasteiger partial charge in [-0.25, -0.2) is 0 Å². The summed E-state index contributed by atoms with van der Waals surface area (Å²) in [5.74, 6) is 0. The molecule has 0 aromatic rings. The molecule has 0 aliphatic carbocycles. The number of nitrogens with zero attached hydrogens (tertiary/aromatic N) is 2. The zero-order valence-corrected chi connectivity index (χ0v) is 10.0. The Kier molecular flexibility index (Phi) is 10.5. The Bertz CT molecular complexity index is 153. The van der Waals surface area contributed by atoms with Crippen LogP contribution in [0.4, 0.5) is 0 Å². The Balaban J connectivity index is 0. The number of unbranched alkanes of at least 4 members (excludes halogenated alkanes) is 1. The van der Waals surface area contributed by atoms with Gasteiger partial charge in [0.25, 0.3) is 0 Å². The van der Waals surface area contributed by atoms with Gasteiger partial charge in [-0.15, -0.1) is 0 Å². The van der Waals surface area contributed by atoms with Crippen LogP contribution in [0, 0.1) is 0 Å². The Morgan fingerprint density at radius 1 is 1.15 bits per heavy atom. The van der Waals surface area contributed by atoms with E-state index in [1.165, 1.54) is 18.4 Å². The SMILES string of the molecule is C=NN(C)C(C)=C(C)C.CCCC. The summed E-state index contributed by atoms with van der Waals surface area (Å²) in [4.78, 5) is 0. The molecule has 0 atom stereocenters. The average Bonchev–Trinajstić information content (AvgIpc) is 2.15. The minimum Gasteiger partial charge on any atom is -0.274 e. The van der Waals surface area contributed by atoms with E-state index in [-0.39, 0.29) is 0 Å². The van der Waals surface area contributed by atoms with Crippen LogP contribution in [0.5, 0.6) is 0 Å². The van der Waals surface area contributed by atoms with Crippen molar-refractivity contribution in [2.45, 2.75) is 47.5 Å².